The molecule has 20 heavy (non-hydrogen) atoms. The molecule has 1 unspecified atom stereocenters. The molecule has 4 rings (SSSR count). The molecule has 0 fully saturated rings. The second kappa shape index (κ2) is 4.42. The number of hydrogen-bond acceptors (Lipinski definition) is 4. The molecule has 3 aromatic rings. The summed E-state index contributed by atoms with van der Waals surface area (Å²) in [4.78, 5) is 16.5. The third-order valence-electron chi connectivity index (χ3n) is 3.94. The topological polar surface area (TPSA) is 71.4 Å². The van der Waals surface area contributed by atoms with E-state index in [-0.39, 0.29) is 6.04 Å². The van der Waals surface area contributed by atoms with Crippen LogP contribution in [0.15, 0.2) is 24.8 Å². The predicted molar refractivity (Wildman–Crippen MR) is 75.1 cm³/mol. The lowest BCUT2D eigenvalue weighted by molar-refractivity contribution is 0.452. The average molecular weight is 268 g/mol. The van der Waals surface area contributed by atoms with Crippen molar-refractivity contribution in [3.63, 3.8) is 0 Å². The SMILES string of the molecule is CCn1c(C2Cc3nc[nH]c3CN2)nc2cnccc21. The van der Waals surface area contributed by atoms with Crippen molar-refractivity contribution in [3.8, 4) is 0 Å². The zero-order valence-corrected chi connectivity index (χ0v) is 11.3. The number of aromatic amines is 1. The number of H-pyrrole nitrogens is 1. The molecule has 6 nitrogen and oxygen atoms in total. The van der Waals surface area contributed by atoms with Gasteiger partial charge in [-0.1, -0.05) is 0 Å². The van der Waals surface area contributed by atoms with Crippen LogP contribution >= 0.6 is 0 Å². The zero-order valence-electron chi connectivity index (χ0n) is 11.3. The van der Waals surface area contributed by atoms with Crippen molar-refractivity contribution in [2.45, 2.75) is 32.5 Å². The zero-order chi connectivity index (χ0) is 13.5. The van der Waals surface area contributed by atoms with Gasteiger partial charge in [0.05, 0.1) is 35.5 Å². The Labute approximate surface area is 116 Å². The Bertz CT molecular complexity index is 756. The van der Waals surface area contributed by atoms with Gasteiger partial charge in [-0.25, -0.2) is 9.97 Å². The third kappa shape index (κ3) is 1.65. The fraction of sp³-hybridized carbons (Fsp3) is 0.357. The average Bonchev–Trinajstić information content (AvgIpc) is 3.10. The van der Waals surface area contributed by atoms with Gasteiger partial charge in [0.1, 0.15) is 11.3 Å². The summed E-state index contributed by atoms with van der Waals surface area (Å²) >= 11 is 0. The van der Waals surface area contributed by atoms with Gasteiger partial charge in [-0.05, 0) is 13.0 Å². The molecule has 0 spiro atoms. The highest BCUT2D eigenvalue weighted by molar-refractivity contribution is 5.74. The fourth-order valence-corrected chi connectivity index (χ4v) is 2.95. The number of hydrogen-bond donors (Lipinski definition) is 2. The fourth-order valence-electron chi connectivity index (χ4n) is 2.95. The highest BCUT2D eigenvalue weighted by Crippen LogP contribution is 2.26. The highest BCUT2D eigenvalue weighted by Gasteiger charge is 2.25. The summed E-state index contributed by atoms with van der Waals surface area (Å²) in [5, 5.41) is 3.54. The second-order valence-corrected chi connectivity index (χ2v) is 5.04. The van der Waals surface area contributed by atoms with Gasteiger partial charge in [-0.3, -0.25) is 4.98 Å². The van der Waals surface area contributed by atoms with Gasteiger partial charge in [0.25, 0.3) is 0 Å². The van der Waals surface area contributed by atoms with Crippen LogP contribution in [0.25, 0.3) is 11.0 Å². The molecule has 6 heteroatoms. The molecular weight excluding hydrogens is 252 g/mol. The Morgan fingerprint density at radius 3 is 3.30 bits per heavy atom. The number of nitrogens with zero attached hydrogens (tertiary/aromatic N) is 4. The maximum Gasteiger partial charge on any atom is 0.127 e. The van der Waals surface area contributed by atoms with E-state index < -0.39 is 0 Å². The number of pyridine rings is 1. The Morgan fingerprint density at radius 1 is 1.45 bits per heavy atom. The van der Waals surface area contributed by atoms with Crippen LogP contribution in [0.1, 0.15) is 30.2 Å². The van der Waals surface area contributed by atoms with Crippen molar-refractivity contribution in [3.05, 3.63) is 42.0 Å². The van der Waals surface area contributed by atoms with E-state index >= 15 is 0 Å². The van der Waals surface area contributed by atoms with Crippen molar-refractivity contribution >= 4 is 11.0 Å². The van der Waals surface area contributed by atoms with E-state index in [1.807, 2.05) is 18.5 Å². The van der Waals surface area contributed by atoms with Crippen molar-refractivity contribution in [2.75, 3.05) is 0 Å². The van der Waals surface area contributed by atoms with Crippen molar-refractivity contribution < 1.29 is 0 Å². The smallest absolute Gasteiger partial charge is 0.127 e. The standard InChI is InChI=1S/C14H16N6/c1-2-20-13-3-4-15-6-12(13)19-14(20)10-5-9-11(7-16-10)18-8-17-9/h3-4,6,8,10,16H,2,5,7H2,1H3,(H,17,18). The van der Waals surface area contributed by atoms with Gasteiger partial charge in [0.2, 0.25) is 0 Å². The molecule has 3 aromatic heterocycles. The Morgan fingerprint density at radius 2 is 2.40 bits per heavy atom. The van der Waals surface area contributed by atoms with Gasteiger partial charge < -0.3 is 14.9 Å². The first kappa shape index (κ1) is 11.6. The monoisotopic (exact) mass is 268 g/mol. The minimum absolute atomic E-state index is 0.207. The maximum atomic E-state index is 4.76. The molecule has 0 amide bonds. The van der Waals surface area contributed by atoms with Crippen molar-refractivity contribution in [1.29, 1.82) is 0 Å². The summed E-state index contributed by atoms with van der Waals surface area (Å²) < 4.78 is 2.26. The summed E-state index contributed by atoms with van der Waals surface area (Å²) in [6.45, 7) is 3.86. The van der Waals surface area contributed by atoms with E-state index in [2.05, 4.69) is 31.8 Å². The van der Waals surface area contributed by atoms with Gasteiger partial charge >= 0.3 is 0 Å². The molecule has 0 bridgehead atoms. The van der Waals surface area contributed by atoms with E-state index in [0.717, 1.165) is 42.1 Å². The van der Waals surface area contributed by atoms with Crippen LogP contribution in [0, 0.1) is 0 Å². The minimum Gasteiger partial charge on any atom is -0.347 e. The Balaban J connectivity index is 1.79. The van der Waals surface area contributed by atoms with E-state index in [9.17, 15) is 0 Å². The molecule has 1 aliphatic heterocycles. The molecule has 1 aliphatic rings. The first-order valence-electron chi connectivity index (χ1n) is 6.91. The van der Waals surface area contributed by atoms with E-state index in [1.54, 1.807) is 6.33 Å². The first-order chi connectivity index (χ1) is 9.86. The van der Waals surface area contributed by atoms with Gasteiger partial charge in [0, 0.05) is 25.7 Å². The minimum atomic E-state index is 0.207. The summed E-state index contributed by atoms with van der Waals surface area (Å²) in [7, 11) is 0. The molecule has 0 radical (unpaired) electrons. The summed E-state index contributed by atoms with van der Waals surface area (Å²) in [5.74, 6) is 1.07. The van der Waals surface area contributed by atoms with Gasteiger partial charge in [-0.15, -0.1) is 0 Å². The lowest BCUT2D eigenvalue weighted by Crippen LogP contribution is -2.30. The molecule has 0 aromatic carbocycles. The number of nitrogens with one attached hydrogen (secondary N) is 2. The molecule has 0 saturated heterocycles. The van der Waals surface area contributed by atoms with Crippen LogP contribution in [-0.2, 0) is 19.5 Å². The summed E-state index contributed by atoms with van der Waals surface area (Å²) in [6.07, 6.45) is 6.28. The van der Waals surface area contributed by atoms with E-state index in [0.29, 0.717) is 0 Å². The quantitative estimate of drug-likeness (QED) is 0.740. The molecule has 102 valence electrons. The molecule has 0 aliphatic carbocycles. The van der Waals surface area contributed by atoms with Crippen LogP contribution in [0.2, 0.25) is 0 Å². The third-order valence-corrected chi connectivity index (χ3v) is 3.94. The molecule has 2 N–H and O–H groups in total. The van der Waals surface area contributed by atoms with Crippen LogP contribution < -0.4 is 5.32 Å². The number of aryl methyl sites for hydroxylation is 1. The van der Waals surface area contributed by atoms with E-state index in [1.165, 1.54) is 5.69 Å². The largest absolute Gasteiger partial charge is 0.347 e. The van der Waals surface area contributed by atoms with E-state index in [4.69, 9.17) is 4.98 Å². The van der Waals surface area contributed by atoms with Crippen LogP contribution in [-0.4, -0.2) is 24.5 Å². The predicted octanol–water partition coefficient (Wildman–Crippen LogP) is 1.56. The molecule has 1 atom stereocenters. The number of rotatable bonds is 2. The van der Waals surface area contributed by atoms with Crippen molar-refractivity contribution in [2.24, 2.45) is 0 Å². The van der Waals surface area contributed by atoms with Crippen LogP contribution in [0.3, 0.4) is 0 Å². The van der Waals surface area contributed by atoms with Crippen molar-refractivity contribution in [1.82, 2.24) is 29.8 Å². The number of aromatic nitrogens is 5. The number of imidazole rings is 2. The highest BCUT2D eigenvalue weighted by atomic mass is 15.1. The first-order valence-corrected chi connectivity index (χ1v) is 6.91. The van der Waals surface area contributed by atoms with Gasteiger partial charge in [0.15, 0.2) is 0 Å². The normalized spacial score (nSPS) is 18.4. The van der Waals surface area contributed by atoms with Crippen LogP contribution in [0.5, 0.6) is 0 Å². The second-order valence-electron chi connectivity index (χ2n) is 5.04. The Hall–Kier alpha value is -2.21. The summed E-state index contributed by atoms with van der Waals surface area (Å²) in [5.41, 5.74) is 4.43. The van der Waals surface area contributed by atoms with Gasteiger partial charge in [-0.2, -0.15) is 0 Å². The number of fused-ring (bicyclic) bond motifs is 2. The maximum absolute atomic E-state index is 4.76. The molecular formula is C14H16N6. The molecule has 0 saturated carbocycles. The van der Waals surface area contributed by atoms with Crippen LogP contribution in [0.4, 0.5) is 0 Å². The summed E-state index contributed by atoms with van der Waals surface area (Å²) in [6, 6.07) is 2.23. The lowest BCUT2D eigenvalue weighted by atomic mass is 10.0. The lowest BCUT2D eigenvalue weighted by Gasteiger charge is -2.23. The Kier molecular flexibility index (Phi) is 2.56. The molecule has 4 heterocycles.